The van der Waals surface area contributed by atoms with Crippen LogP contribution in [0.3, 0.4) is 0 Å². The zero-order valence-corrected chi connectivity index (χ0v) is 7.45. The van der Waals surface area contributed by atoms with E-state index in [0.717, 1.165) is 19.3 Å². The first-order valence-electron chi connectivity index (χ1n) is 3.35. The lowest BCUT2D eigenvalue weighted by molar-refractivity contribution is 0.112. The number of hydrogen-bond donors (Lipinski definition) is 0. The molecule has 0 N–H and O–H groups in total. The molecule has 2 nitrogen and oxygen atoms in total. The molecule has 0 saturated heterocycles. The minimum atomic E-state index is -1.22. The van der Waals surface area contributed by atoms with Gasteiger partial charge >= 0.3 is 0 Å². The van der Waals surface area contributed by atoms with Gasteiger partial charge in [0.05, 0.1) is 11.4 Å². The van der Waals surface area contributed by atoms with E-state index in [1.54, 1.807) is 7.11 Å². The summed E-state index contributed by atoms with van der Waals surface area (Å²) in [6.45, 7) is 0. The molecule has 0 aromatic heterocycles. The predicted octanol–water partition coefficient (Wildman–Crippen LogP) is 1.46. The first kappa shape index (κ1) is 8.50. The van der Waals surface area contributed by atoms with Gasteiger partial charge in [-0.3, -0.25) is 0 Å². The summed E-state index contributed by atoms with van der Waals surface area (Å²) in [5.74, 6) is 0. The van der Waals surface area contributed by atoms with Crippen molar-refractivity contribution in [1.82, 2.24) is 0 Å². The maximum Gasteiger partial charge on any atom is 0.120 e. The summed E-state index contributed by atoms with van der Waals surface area (Å²) in [5.41, 5.74) is 0. The van der Waals surface area contributed by atoms with Crippen LogP contribution in [0, 0.1) is 0 Å². The summed E-state index contributed by atoms with van der Waals surface area (Å²) in [4.78, 5) is 0. The van der Waals surface area contributed by atoms with Gasteiger partial charge in [-0.05, 0) is 29.9 Å². The third-order valence-electron chi connectivity index (χ3n) is 1.93. The van der Waals surface area contributed by atoms with Crippen LogP contribution >= 0.6 is 10.7 Å². The van der Waals surface area contributed by atoms with Crippen molar-refractivity contribution in [1.29, 1.82) is 0 Å². The highest BCUT2D eigenvalue weighted by Gasteiger charge is 2.31. The Balaban J connectivity index is 2.50. The van der Waals surface area contributed by atoms with Crippen molar-refractivity contribution in [3.05, 3.63) is 0 Å². The molecule has 0 radical (unpaired) electrons. The van der Waals surface area contributed by atoms with Crippen LogP contribution in [0.2, 0.25) is 0 Å². The zero-order chi connectivity index (χ0) is 7.56. The van der Waals surface area contributed by atoms with Gasteiger partial charge < -0.3 is 4.74 Å². The lowest BCUT2D eigenvalue weighted by atomic mass is 10.3. The molecule has 0 aromatic carbocycles. The maximum absolute atomic E-state index is 10.8. The Kier molecular flexibility index (Phi) is 3.14. The molecule has 60 valence electrons. The van der Waals surface area contributed by atoms with E-state index in [4.69, 9.17) is 15.4 Å². The quantitative estimate of drug-likeness (QED) is 0.605. The second-order valence-electron chi connectivity index (χ2n) is 2.49. The predicted molar refractivity (Wildman–Crippen MR) is 42.4 cm³/mol. The molecule has 1 fully saturated rings. The first-order valence-corrected chi connectivity index (χ1v) is 5.39. The fourth-order valence-electron chi connectivity index (χ4n) is 1.37. The normalized spacial score (nSPS) is 36.2. The Morgan fingerprint density at radius 3 is 2.70 bits per heavy atom. The van der Waals surface area contributed by atoms with E-state index in [9.17, 15) is 4.21 Å². The van der Waals surface area contributed by atoms with Crippen molar-refractivity contribution in [3.8, 4) is 0 Å². The Morgan fingerprint density at radius 1 is 1.60 bits per heavy atom. The minimum absolute atomic E-state index is 0.0617. The van der Waals surface area contributed by atoms with Gasteiger partial charge in [-0.15, -0.1) is 0 Å². The Morgan fingerprint density at radius 2 is 2.30 bits per heavy atom. The van der Waals surface area contributed by atoms with Crippen LogP contribution in [0.5, 0.6) is 0 Å². The highest BCUT2D eigenvalue weighted by molar-refractivity contribution is 8.08. The molecule has 0 amide bonds. The van der Waals surface area contributed by atoms with Crippen LogP contribution in [-0.4, -0.2) is 22.7 Å². The van der Waals surface area contributed by atoms with Crippen LogP contribution in [-0.2, 0) is 14.7 Å². The summed E-state index contributed by atoms with van der Waals surface area (Å²) in [7, 11) is 5.87. The van der Waals surface area contributed by atoms with Crippen LogP contribution in [0.4, 0.5) is 0 Å². The number of ether oxygens (including phenoxy) is 1. The van der Waals surface area contributed by atoms with Crippen molar-refractivity contribution in [3.63, 3.8) is 0 Å². The van der Waals surface area contributed by atoms with E-state index >= 15 is 0 Å². The third kappa shape index (κ3) is 1.71. The summed E-state index contributed by atoms with van der Waals surface area (Å²) in [6.07, 6.45) is 3.15. The van der Waals surface area contributed by atoms with Gasteiger partial charge in [0.2, 0.25) is 0 Å². The van der Waals surface area contributed by atoms with Crippen molar-refractivity contribution in [2.45, 2.75) is 30.6 Å². The highest BCUT2D eigenvalue weighted by atomic mass is 35.7. The van der Waals surface area contributed by atoms with Crippen molar-refractivity contribution < 1.29 is 8.95 Å². The van der Waals surface area contributed by atoms with Crippen molar-refractivity contribution >= 4 is 20.7 Å². The lowest BCUT2D eigenvalue weighted by Crippen LogP contribution is -2.23. The van der Waals surface area contributed by atoms with Crippen LogP contribution in [0.1, 0.15) is 19.3 Å². The number of halogens is 1. The molecule has 0 bridgehead atoms. The molecule has 0 heterocycles. The molecule has 10 heavy (non-hydrogen) atoms. The van der Waals surface area contributed by atoms with E-state index in [2.05, 4.69) is 0 Å². The Bertz CT molecular complexity index is 140. The maximum atomic E-state index is 10.8. The molecule has 3 atom stereocenters. The van der Waals surface area contributed by atoms with E-state index in [1.807, 2.05) is 0 Å². The van der Waals surface area contributed by atoms with Gasteiger partial charge in [-0.1, -0.05) is 0 Å². The molecule has 0 aliphatic heterocycles. The standard InChI is InChI=1S/C6H11ClO2S/c1-9-5-3-2-4-6(5)10(7)8/h5-6H,2-4H2,1H3/t5-,6+,10?/m1/s1. The first-order chi connectivity index (χ1) is 4.75. The lowest BCUT2D eigenvalue weighted by Gasteiger charge is -2.12. The second kappa shape index (κ2) is 3.69. The summed E-state index contributed by atoms with van der Waals surface area (Å²) in [5, 5.41) is 0.0617. The monoisotopic (exact) mass is 182 g/mol. The van der Waals surface area contributed by atoms with Gasteiger partial charge in [-0.2, -0.15) is 0 Å². The largest absolute Gasteiger partial charge is 0.380 e. The molecular weight excluding hydrogens is 172 g/mol. The third-order valence-corrected chi connectivity index (χ3v) is 3.63. The van der Waals surface area contributed by atoms with Crippen molar-refractivity contribution in [2.75, 3.05) is 7.11 Å². The average molecular weight is 183 g/mol. The van der Waals surface area contributed by atoms with Crippen LogP contribution in [0.25, 0.3) is 0 Å². The molecule has 1 aliphatic carbocycles. The van der Waals surface area contributed by atoms with E-state index in [1.165, 1.54) is 0 Å². The average Bonchev–Trinajstić information content (AvgIpc) is 2.33. The molecule has 1 saturated carbocycles. The van der Waals surface area contributed by atoms with Crippen molar-refractivity contribution in [2.24, 2.45) is 0 Å². The highest BCUT2D eigenvalue weighted by Crippen LogP contribution is 2.27. The topological polar surface area (TPSA) is 26.3 Å². The molecule has 4 heteroatoms. The van der Waals surface area contributed by atoms with Gasteiger partial charge in [0.15, 0.2) is 0 Å². The second-order valence-corrected chi connectivity index (χ2v) is 4.51. The van der Waals surface area contributed by atoms with Gasteiger partial charge in [0, 0.05) is 7.11 Å². The number of methoxy groups -OCH3 is 1. The molecule has 1 unspecified atom stereocenters. The molecule has 0 spiro atoms. The molecule has 1 rings (SSSR count). The SMILES string of the molecule is CO[C@@H]1CCC[C@@H]1S(=O)Cl. The van der Waals surface area contributed by atoms with E-state index < -0.39 is 10.0 Å². The Labute approximate surface area is 67.9 Å². The molecule has 0 aromatic rings. The minimum Gasteiger partial charge on any atom is -0.380 e. The van der Waals surface area contributed by atoms with Gasteiger partial charge in [0.25, 0.3) is 0 Å². The van der Waals surface area contributed by atoms with Crippen LogP contribution in [0.15, 0.2) is 0 Å². The smallest absolute Gasteiger partial charge is 0.120 e. The van der Waals surface area contributed by atoms with Crippen LogP contribution < -0.4 is 0 Å². The molecular formula is C6H11ClO2S. The van der Waals surface area contributed by atoms with Gasteiger partial charge in [-0.25, -0.2) is 4.21 Å². The van der Waals surface area contributed by atoms with E-state index in [0.29, 0.717) is 0 Å². The van der Waals surface area contributed by atoms with Gasteiger partial charge in [0.1, 0.15) is 10.0 Å². The fourth-order valence-corrected chi connectivity index (χ4v) is 2.82. The Hall–Kier alpha value is 0.400. The zero-order valence-electron chi connectivity index (χ0n) is 5.88. The molecule has 1 aliphatic rings. The number of rotatable bonds is 2. The fraction of sp³-hybridized carbons (Fsp3) is 1.00. The number of hydrogen-bond acceptors (Lipinski definition) is 2. The van der Waals surface area contributed by atoms with E-state index in [-0.39, 0.29) is 11.4 Å². The summed E-state index contributed by atoms with van der Waals surface area (Å²) >= 11 is 0. The summed E-state index contributed by atoms with van der Waals surface area (Å²) in [6, 6.07) is 0. The summed E-state index contributed by atoms with van der Waals surface area (Å²) < 4.78 is 15.9.